The number of benzene rings is 2. The lowest BCUT2D eigenvalue weighted by atomic mass is 10.1. The summed E-state index contributed by atoms with van der Waals surface area (Å²) < 4.78 is 11.5. The summed E-state index contributed by atoms with van der Waals surface area (Å²) in [7, 11) is 1.69. The molecule has 150 valence electrons. The average molecular weight is 383 g/mol. The summed E-state index contributed by atoms with van der Waals surface area (Å²) >= 11 is 0. The number of hydrogen-bond donors (Lipinski definition) is 0. The van der Waals surface area contributed by atoms with Gasteiger partial charge < -0.3 is 19.3 Å². The monoisotopic (exact) mass is 382 g/mol. The van der Waals surface area contributed by atoms with Gasteiger partial charge in [0.25, 0.3) is 5.91 Å². The Bertz CT molecular complexity index is 842. The molecule has 0 N–H and O–H groups in total. The van der Waals surface area contributed by atoms with Crippen molar-refractivity contribution in [2.45, 2.75) is 33.8 Å². The molecule has 1 heterocycles. The van der Waals surface area contributed by atoms with Crippen LogP contribution in [0, 0.1) is 20.8 Å². The molecule has 3 rings (SSSR count). The first kappa shape index (κ1) is 20.1. The van der Waals surface area contributed by atoms with E-state index in [0.29, 0.717) is 13.1 Å². The Hall–Kier alpha value is -2.69. The van der Waals surface area contributed by atoms with E-state index in [1.807, 2.05) is 49.9 Å². The fourth-order valence-electron chi connectivity index (χ4n) is 3.68. The van der Waals surface area contributed by atoms with E-state index in [4.69, 9.17) is 9.47 Å². The maximum Gasteiger partial charge on any atom is 0.263 e. The fourth-order valence-corrected chi connectivity index (χ4v) is 3.68. The minimum Gasteiger partial charge on any atom is -0.495 e. The second-order valence-corrected chi connectivity index (χ2v) is 7.45. The van der Waals surface area contributed by atoms with Gasteiger partial charge in [0.1, 0.15) is 11.5 Å². The molecule has 5 heteroatoms. The van der Waals surface area contributed by atoms with Gasteiger partial charge in [0.05, 0.1) is 12.8 Å². The third-order valence-electron chi connectivity index (χ3n) is 5.43. The second kappa shape index (κ2) is 8.55. The third kappa shape index (κ3) is 4.24. The Morgan fingerprint density at radius 1 is 1.00 bits per heavy atom. The van der Waals surface area contributed by atoms with Crippen molar-refractivity contribution < 1.29 is 14.3 Å². The number of methoxy groups -OCH3 is 1. The van der Waals surface area contributed by atoms with E-state index in [0.717, 1.165) is 41.4 Å². The van der Waals surface area contributed by atoms with Crippen molar-refractivity contribution in [2.24, 2.45) is 0 Å². The number of para-hydroxylation sites is 2. The van der Waals surface area contributed by atoms with Crippen molar-refractivity contribution in [3.8, 4) is 11.5 Å². The Labute approximate surface area is 167 Å². The summed E-state index contributed by atoms with van der Waals surface area (Å²) in [6.07, 6.45) is -0.502. The highest BCUT2D eigenvalue weighted by Gasteiger charge is 2.27. The number of carbonyl (C=O) groups excluding carboxylic acids is 1. The van der Waals surface area contributed by atoms with Gasteiger partial charge in [-0.1, -0.05) is 18.2 Å². The molecule has 0 aliphatic carbocycles. The number of anilines is 1. The topological polar surface area (TPSA) is 42.0 Å². The van der Waals surface area contributed by atoms with Crippen LogP contribution in [0.3, 0.4) is 0 Å². The molecule has 0 bridgehead atoms. The van der Waals surface area contributed by atoms with E-state index >= 15 is 0 Å². The first-order valence-electron chi connectivity index (χ1n) is 9.82. The van der Waals surface area contributed by atoms with E-state index in [1.165, 1.54) is 5.56 Å². The molecule has 0 spiro atoms. The molecular weight excluding hydrogens is 352 g/mol. The molecule has 2 aromatic rings. The molecule has 5 nitrogen and oxygen atoms in total. The maximum atomic E-state index is 12.9. The van der Waals surface area contributed by atoms with E-state index in [9.17, 15) is 4.79 Å². The summed E-state index contributed by atoms with van der Waals surface area (Å²) in [6, 6.07) is 12.1. The number of piperazine rings is 1. The average Bonchev–Trinajstić information content (AvgIpc) is 2.71. The highest BCUT2D eigenvalue weighted by atomic mass is 16.5. The zero-order valence-corrected chi connectivity index (χ0v) is 17.5. The highest BCUT2D eigenvalue weighted by Crippen LogP contribution is 2.29. The van der Waals surface area contributed by atoms with Crippen LogP contribution in [-0.4, -0.2) is 50.2 Å². The lowest BCUT2D eigenvalue weighted by molar-refractivity contribution is -0.138. The van der Waals surface area contributed by atoms with Crippen LogP contribution in [0.4, 0.5) is 5.69 Å². The summed E-state index contributed by atoms with van der Waals surface area (Å²) in [5.74, 6) is 1.70. The number of nitrogens with zero attached hydrogens (tertiary/aromatic N) is 2. The lowest BCUT2D eigenvalue weighted by Crippen LogP contribution is -2.52. The molecule has 1 saturated heterocycles. The van der Waals surface area contributed by atoms with Gasteiger partial charge in [-0.15, -0.1) is 0 Å². The summed E-state index contributed by atoms with van der Waals surface area (Å²) in [5, 5.41) is 0. The van der Waals surface area contributed by atoms with Gasteiger partial charge in [-0.3, -0.25) is 4.79 Å². The Morgan fingerprint density at radius 2 is 1.68 bits per heavy atom. The molecule has 0 radical (unpaired) electrons. The first-order valence-corrected chi connectivity index (χ1v) is 9.82. The van der Waals surface area contributed by atoms with E-state index < -0.39 is 6.10 Å². The highest BCUT2D eigenvalue weighted by molar-refractivity contribution is 5.81. The van der Waals surface area contributed by atoms with Gasteiger partial charge in [0, 0.05) is 26.2 Å². The summed E-state index contributed by atoms with van der Waals surface area (Å²) in [4.78, 5) is 17.1. The van der Waals surface area contributed by atoms with Crippen LogP contribution >= 0.6 is 0 Å². The zero-order valence-electron chi connectivity index (χ0n) is 17.5. The number of carbonyl (C=O) groups is 1. The number of hydrogen-bond acceptors (Lipinski definition) is 4. The van der Waals surface area contributed by atoms with Crippen LogP contribution < -0.4 is 14.4 Å². The number of rotatable bonds is 5. The minimum atomic E-state index is -0.502. The second-order valence-electron chi connectivity index (χ2n) is 7.45. The molecule has 1 unspecified atom stereocenters. The van der Waals surface area contributed by atoms with Crippen LogP contribution in [0.5, 0.6) is 11.5 Å². The van der Waals surface area contributed by atoms with Crippen molar-refractivity contribution in [2.75, 3.05) is 38.2 Å². The number of aryl methyl sites for hydroxylation is 2. The smallest absolute Gasteiger partial charge is 0.263 e. The first-order chi connectivity index (χ1) is 13.4. The van der Waals surface area contributed by atoms with Crippen LogP contribution in [-0.2, 0) is 4.79 Å². The molecule has 2 aromatic carbocycles. The Balaban J connectivity index is 1.62. The largest absolute Gasteiger partial charge is 0.495 e. The molecule has 1 amide bonds. The van der Waals surface area contributed by atoms with Crippen LogP contribution in [0.2, 0.25) is 0 Å². The summed E-state index contributed by atoms with van der Waals surface area (Å²) in [5.41, 5.74) is 4.49. The Kier molecular flexibility index (Phi) is 6.12. The predicted octanol–water partition coefficient (Wildman–Crippen LogP) is 3.74. The third-order valence-corrected chi connectivity index (χ3v) is 5.43. The molecule has 0 saturated carbocycles. The zero-order chi connectivity index (χ0) is 20.3. The maximum absolute atomic E-state index is 12.9. The standard InChI is InChI=1S/C23H30N2O3/c1-16-14-17(2)18(3)22(15-16)28-19(4)23(26)25-12-10-24(11-13-25)20-8-6-7-9-21(20)27-5/h6-9,14-15,19H,10-13H2,1-5H3. The molecular formula is C23H30N2O3. The van der Waals surface area contributed by atoms with Crippen LogP contribution in [0.25, 0.3) is 0 Å². The quantitative estimate of drug-likeness (QED) is 0.790. The fraction of sp³-hybridized carbons (Fsp3) is 0.435. The SMILES string of the molecule is COc1ccccc1N1CCN(C(=O)C(C)Oc2cc(C)cc(C)c2C)CC1. The van der Waals surface area contributed by atoms with Crippen molar-refractivity contribution in [3.05, 3.63) is 53.1 Å². The van der Waals surface area contributed by atoms with Crippen molar-refractivity contribution >= 4 is 11.6 Å². The van der Waals surface area contributed by atoms with Crippen molar-refractivity contribution in [3.63, 3.8) is 0 Å². The minimum absolute atomic E-state index is 0.0400. The molecule has 28 heavy (non-hydrogen) atoms. The summed E-state index contributed by atoms with van der Waals surface area (Å²) in [6.45, 7) is 10.9. The van der Waals surface area contributed by atoms with Gasteiger partial charge >= 0.3 is 0 Å². The molecule has 1 atom stereocenters. The van der Waals surface area contributed by atoms with E-state index in [2.05, 4.69) is 24.0 Å². The normalized spacial score (nSPS) is 15.3. The lowest BCUT2D eigenvalue weighted by Gasteiger charge is -2.37. The van der Waals surface area contributed by atoms with Crippen molar-refractivity contribution in [1.82, 2.24) is 4.90 Å². The molecule has 1 aliphatic rings. The number of ether oxygens (including phenoxy) is 2. The van der Waals surface area contributed by atoms with Crippen LogP contribution in [0.15, 0.2) is 36.4 Å². The van der Waals surface area contributed by atoms with E-state index in [1.54, 1.807) is 7.11 Å². The van der Waals surface area contributed by atoms with E-state index in [-0.39, 0.29) is 5.91 Å². The van der Waals surface area contributed by atoms with Crippen LogP contribution in [0.1, 0.15) is 23.6 Å². The van der Waals surface area contributed by atoms with Crippen molar-refractivity contribution in [1.29, 1.82) is 0 Å². The van der Waals surface area contributed by atoms with Gasteiger partial charge in [0.15, 0.2) is 6.10 Å². The predicted molar refractivity (Wildman–Crippen MR) is 113 cm³/mol. The van der Waals surface area contributed by atoms with Gasteiger partial charge in [-0.2, -0.15) is 0 Å². The van der Waals surface area contributed by atoms with Gasteiger partial charge in [-0.25, -0.2) is 0 Å². The molecule has 0 aromatic heterocycles. The molecule has 1 aliphatic heterocycles. The van der Waals surface area contributed by atoms with Gasteiger partial charge in [-0.05, 0) is 62.6 Å². The molecule has 1 fully saturated rings. The Morgan fingerprint density at radius 3 is 2.36 bits per heavy atom. The van der Waals surface area contributed by atoms with Gasteiger partial charge in [0.2, 0.25) is 0 Å². The number of amides is 1.